The molecule has 0 bridgehead atoms. The van der Waals surface area contributed by atoms with Crippen LogP contribution in [0.4, 0.5) is 10.5 Å². The molecule has 0 radical (unpaired) electrons. The van der Waals surface area contributed by atoms with Gasteiger partial charge in [0.15, 0.2) is 0 Å². The normalized spacial score (nSPS) is 23.9. The van der Waals surface area contributed by atoms with Crippen molar-refractivity contribution in [3.63, 3.8) is 0 Å². The Labute approximate surface area is 196 Å². The number of hydrogen-bond donors (Lipinski definition) is 3. The van der Waals surface area contributed by atoms with E-state index in [1.807, 2.05) is 24.0 Å². The third kappa shape index (κ3) is 6.15. The van der Waals surface area contributed by atoms with Crippen LogP contribution in [0.25, 0.3) is 0 Å². The monoisotopic (exact) mass is 461 g/mol. The van der Waals surface area contributed by atoms with Gasteiger partial charge in [-0.25, -0.2) is 4.79 Å². The summed E-state index contributed by atoms with van der Waals surface area (Å²) in [6.45, 7) is 9.98. The fourth-order valence-electron chi connectivity index (χ4n) is 4.76. The molecule has 1 aromatic carbocycles. The lowest BCUT2D eigenvalue weighted by Gasteiger charge is -2.40. The molecule has 3 aliphatic rings. The second-order valence-corrected chi connectivity index (χ2v) is 10.2. The Hall–Kier alpha value is -1.83. The van der Waals surface area contributed by atoms with Gasteiger partial charge in [-0.1, -0.05) is 11.6 Å². The minimum atomic E-state index is 0.0504. The van der Waals surface area contributed by atoms with Crippen molar-refractivity contribution in [3.8, 4) is 0 Å². The standard InChI is InChI=1S/C24H36ClN5O2/c1-16-14-29(7-8-30(16)24(32)27-13-18-3-4-18)15-20-10-21(25)11-22(17(20)2)28-23(31)9-19-5-6-26-12-19/h10-11,16,18-19,26H,3-9,12-15H2,1-2H3,(H,27,32)(H,28,31)/t16-,19?/m0/s1. The van der Waals surface area contributed by atoms with Gasteiger partial charge in [-0.05, 0) is 81.3 Å². The number of nitrogens with one attached hydrogen (secondary N) is 3. The second kappa shape index (κ2) is 10.4. The maximum atomic E-state index is 12.5. The van der Waals surface area contributed by atoms with Crippen LogP contribution in [0.15, 0.2) is 12.1 Å². The van der Waals surface area contributed by atoms with E-state index >= 15 is 0 Å². The van der Waals surface area contributed by atoms with E-state index in [2.05, 4.69) is 27.8 Å². The summed E-state index contributed by atoms with van der Waals surface area (Å²) in [5.74, 6) is 1.15. The van der Waals surface area contributed by atoms with Gasteiger partial charge in [0.05, 0.1) is 0 Å². The predicted molar refractivity (Wildman–Crippen MR) is 128 cm³/mol. The molecular weight excluding hydrogens is 426 g/mol. The summed E-state index contributed by atoms with van der Waals surface area (Å²) >= 11 is 6.41. The number of nitrogens with zero attached hydrogens (tertiary/aromatic N) is 2. The molecule has 2 atom stereocenters. The fraction of sp³-hybridized carbons (Fsp3) is 0.667. The molecule has 7 nitrogen and oxygen atoms in total. The Morgan fingerprint density at radius 3 is 2.69 bits per heavy atom. The average Bonchev–Trinajstić information content (AvgIpc) is 3.44. The molecule has 0 aromatic heterocycles. The summed E-state index contributed by atoms with van der Waals surface area (Å²) in [6, 6.07) is 4.05. The van der Waals surface area contributed by atoms with Crippen LogP contribution in [0, 0.1) is 18.8 Å². The number of carbonyl (C=O) groups excluding carboxylic acids is 2. The van der Waals surface area contributed by atoms with Crippen molar-refractivity contribution in [3.05, 3.63) is 28.3 Å². The van der Waals surface area contributed by atoms with Crippen LogP contribution >= 0.6 is 11.6 Å². The van der Waals surface area contributed by atoms with Crippen LogP contribution in [0.5, 0.6) is 0 Å². The highest BCUT2D eigenvalue weighted by Crippen LogP contribution is 2.28. The number of amides is 3. The van der Waals surface area contributed by atoms with Crippen LogP contribution in [0.1, 0.15) is 43.7 Å². The van der Waals surface area contributed by atoms with Crippen molar-refractivity contribution in [2.75, 3.05) is 44.6 Å². The molecule has 176 valence electrons. The molecule has 1 aliphatic carbocycles. The highest BCUT2D eigenvalue weighted by molar-refractivity contribution is 6.31. The molecule has 1 aromatic rings. The first kappa shape index (κ1) is 23.3. The molecule has 3 fully saturated rings. The minimum absolute atomic E-state index is 0.0504. The number of halogens is 1. The van der Waals surface area contributed by atoms with E-state index in [-0.39, 0.29) is 18.0 Å². The maximum absolute atomic E-state index is 12.5. The lowest BCUT2D eigenvalue weighted by molar-refractivity contribution is -0.117. The smallest absolute Gasteiger partial charge is 0.317 e. The van der Waals surface area contributed by atoms with Crippen LogP contribution in [-0.2, 0) is 11.3 Å². The largest absolute Gasteiger partial charge is 0.338 e. The van der Waals surface area contributed by atoms with Crippen LogP contribution < -0.4 is 16.0 Å². The second-order valence-electron chi connectivity index (χ2n) is 9.76. The van der Waals surface area contributed by atoms with Gasteiger partial charge in [0.25, 0.3) is 0 Å². The summed E-state index contributed by atoms with van der Waals surface area (Å²) in [4.78, 5) is 29.4. The molecule has 3 amide bonds. The summed E-state index contributed by atoms with van der Waals surface area (Å²) in [7, 11) is 0. The molecular formula is C24H36ClN5O2. The number of piperazine rings is 1. The zero-order valence-corrected chi connectivity index (χ0v) is 20.0. The van der Waals surface area contributed by atoms with Gasteiger partial charge in [-0.2, -0.15) is 0 Å². The Kier molecular flexibility index (Phi) is 7.59. The zero-order valence-electron chi connectivity index (χ0n) is 19.3. The first-order valence-electron chi connectivity index (χ1n) is 12.0. The van der Waals surface area contributed by atoms with Gasteiger partial charge in [-0.15, -0.1) is 0 Å². The highest BCUT2D eigenvalue weighted by atomic mass is 35.5. The number of rotatable bonds is 7. The first-order valence-corrected chi connectivity index (χ1v) is 12.3. The van der Waals surface area contributed by atoms with Gasteiger partial charge in [0.1, 0.15) is 0 Å². The van der Waals surface area contributed by atoms with Gasteiger partial charge < -0.3 is 20.9 Å². The number of anilines is 1. The Morgan fingerprint density at radius 2 is 2.00 bits per heavy atom. The van der Waals surface area contributed by atoms with Gasteiger partial charge >= 0.3 is 6.03 Å². The van der Waals surface area contributed by atoms with E-state index < -0.39 is 0 Å². The van der Waals surface area contributed by atoms with Crippen molar-refractivity contribution in [1.29, 1.82) is 0 Å². The van der Waals surface area contributed by atoms with Crippen LogP contribution in [0.2, 0.25) is 5.02 Å². The highest BCUT2D eigenvalue weighted by Gasteiger charge is 2.29. The zero-order chi connectivity index (χ0) is 22.7. The molecule has 4 rings (SSSR count). The molecule has 3 N–H and O–H groups in total. The lowest BCUT2D eigenvalue weighted by Crippen LogP contribution is -2.56. The molecule has 2 saturated heterocycles. The maximum Gasteiger partial charge on any atom is 0.317 e. The molecule has 0 spiro atoms. The molecule has 2 heterocycles. The Morgan fingerprint density at radius 1 is 1.19 bits per heavy atom. The molecule has 2 aliphatic heterocycles. The van der Waals surface area contributed by atoms with E-state index in [9.17, 15) is 9.59 Å². The van der Waals surface area contributed by atoms with E-state index in [4.69, 9.17) is 11.6 Å². The van der Waals surface area contributed by atoms with Crippen molar-refractivity contribution < 1.29 is 9.59 Å². The first-order chi connectivity index (χ1) is 15.4. The number of carbonyl (C=O) groups is 2. The van der Waals surface area contributed by atoms with Crippen LogP contribution in [-0.4, -0.2) is 67.0 Å². The summed E-state index contributed by atoms with van der Waals surface area (Å²) in [5, 5.41) is 10.1. The minimum Gasteiger partial charge on any atom is -0.338 e. The van der Waals surface area contributed by atoms with E-state index in [0.717, 1.165) is 69.0 Å². The SMILES string of the molecule is Cc1c(CN2CCN(C(=O)NCC3CC3)[C@@H](C)C2)cc(Cl)cc1NC(=O)CC1CCNC1. The molecule has 1 saturated carbocycles. The average molecular weight is 462 g/mol. The van der Waals surface area contributed by atoms with E-state index in [1.165, 1.54) is 12.8 Å². The molecule has 1 unspecified atom stereocenters. The fourth-order valence-corrected chi connectivity index (χ4v) is 5.00. The lowest BCUT2D eigenvalue weighted by atomic mass is 10.0. The van der Waals surface area contributed by atoms with Crippen molar-refractivity contribution in [2.45, 2.75) is 52.1 Å². The third-order valence-electron chi connectivity index (χ3n) is 7.00. The summed E-state index contributed by atoms with van der Waals surface area (Å²) < 4.78 is 0. The van der Waals surface area contributed by atoms with Crippen molar-refractivity contribution in [1.82, 2.24) is 20.4 Å². The topological polar surface area (TPSA) is 76.7 Å². The Balaban J connectivity index is 1.33. The Bertz CT molecular complexity index is 838. The van der Waals surface area contributed by atoms with Gasteiger partial charge in [-0.3, -0.25) is 9.69 Å². The van der Waals surface area contributed by atoms with Gasteiger partial charge in [0, 0.05) is 55.9 Å². The molecule has 8 heteroatoms. The predicted octanol–water partition coefficient (Wildman–Crippen LogP) is 3.21. The molecule has 32 heavy (non-hydrogen) atoms. The van der Waals surface area contributed by atoms with Crippen LogP contribution in [0.3, 0.4) is 0 Å². The summed E-state index contributed by atoms with van der Waals surface area (Å²) in [6.07, 6.45) is 4.07. The van der Waals surface area contributed by atoms with Crippen molar-refractivity contribution >= 4 is 29.2 Å². The van der Waals surface area contributed by atoms with Gasteiger partial charge in [0.2, 0.25) is 5.91 Å². The van der Waals surface area contributed by atoms with E-state index in [1.54, 1.807) is 0 Å². The number of urea groups is 1. The third-order valence-corrected chi connectivity index (χ3v) is 7.21. The quantitative estimate of drug-likeness (QED) is 0.582. The number of benzene rings is 1. The number of hydrogen-bond acceptors (Lipinski definition) is 4. The van der Waals surface area contributed by atoms with Crippen molar-refractivity contribution in [2.24, 2.45) is 11.8 Å². The van der Waals surface area contributed by atoms with E-state index in [0.29, 0.717) is 23.3 Å². The summed E-state index contributed by atoms with van der Waals surface area (Å²) in [5.41, 5.74) is 2.98.